The zero-order valence-electron chi connectivity index (χ0n) is 9.43. The van der Waals surface area contributed by atoms with E-state index >= 15 is 0 Å². The van der Waals surface area contributed by atoms with Crippen molar-refractivity contribution in [3.05, 3.63) is 35.9 Å². The Balaban J connectivity index is 1.75. The van der Waals surface area contributed by atoms with Gasteiger partial charge < -0.3 is 0 Å². The van der Waals surface area contributed by atoms with Gasteiger partial charge in [0.1, 0.15) is 5.78 Å². The van der Waals surface area contributed by atoms with Crippen LogP contribution >= 0.6 is 0 Å². The molecule has 2 aliphatic heterocycles. The summed E-state index contributed by atoms with van der Waals surface area (Å²) in [6.07, 6.45) is 2.71. The highest BCUT2D eigenvalue weighted by Gasteiger charge is 2.36. The van der Waals surface area contributed by atoms with Crippen LogP contribution in [0.1, 0.15) is 30.7 Å². The van der Waals surface area contributed by atoms with Crippen LogP contribution in [0.3, 0.4) is 0 Å². The summed E-state index contributed by atoms with van der Waals surface area (Å²) in [7, 11) is 0. The molecule has 0 amide bonds. The highest BCUT2D eigenvalue weighted by molar-refractivity contribution is 5.80. The number of Topliss-reactive ketones (excluding diaryl/α,β-unsaturated/α-hetero) is 1. The lowest BCUT2D eigenvalue weighted by Crippen LogP contribution is -2.38. The van der Waals surface area contributed by atoms with Crippen LogP contribution in [0, 0.1) is 0 Å². The monoisotopic (exact) mass is 215 g/mol. The lowest BCUT2D eigenvalue weighted by Gasteiger charge is -2.27. The first-order chi connectivity index (χ1) is 7.83. The van der Waals surface area contributed by atoms with Crippen molar-refractivity contribution < 1.29 is 4.79 Å². The van der Waals surface area contributed by atoms with Gasteiger partial charge in [-0.15, -0.1) is 0 Å². The van der Waals surface area contributed by atoms with E-state index < -0.39 is 0 Å². The molecule has 0 N–H and O–H groups in total. The Hall–Kier alpha value is -1.15. The molecule has 0 unspecified atom stereocenters. The van der Waals surface area contributed by atoms with E-state index in [9.17, 15) is 4.79 Å². The molecule has 2 heteroatoms. The number of carbonyl (C=O) groups excluding carboxylic acids is 1. The molecule has 3 rings (SSSR count). The Morgan fingerprint density at radius 3 is 2.81 bits per heavy atom. The second kappa shape index (κ2) is 4.02. The van der Waals surface area contributed by atoms with Gasteiger partial charge in [0.05, 0.1) is 0 Å². The second-order valence-electron chi connectivity index (χ2n) is 4.98. The van der Waals surface area contributed by atoms with Crippen molar-refractivity contribution in [3.63, 3.8) is 0 Å². The minimum absolute atomic E-state index is 0.454. The SMILES string of the molecule is O=C1CCN2C[C@@H](c3ccccc3)C[C@H]2C1. The average molecular weight is 215 g/mol. The quantitative estimate of drug-likeness (QED) is 0.716. The van der Waals surface area contributed by atoms with Gasteiger partial charge in [-0.05, 0) is 17.9 Å². The maximum atomic E-state index is 11.4. The van der Waals surface area contributed by atoms with Crippen LogP contribution in [0.2, 0.25) is 0 Å². The van der Waals surface area contributed by atoms with Gasteiger partial charge >= 0.3 is 0 Å². The van der Waals surface area contributed by atoms with Crippen molar-refractivity contribution >= 4 is 5.78 Å². The van der Waals surface area contributed by atoms with E-state index in [1.165, 1.54) is 5.56 Å². The highest BCUT2D eigenvalue weighted by Crippen LogP contribution is 2.35. The van der Waals surface area contributed by atoms with Gasteiger partial charge in [-0.2, -0.15) is 0 Å². The van der Waals surface area contributed by atoms with Gasteiger partial charge in [-0.25, -0.2) is 0 Å². The minimum atomic E-state index is 0.454. The summed E-state index contributed by atoms with van der Waals surface area (Å²) in [4.78, 5) is 13.9. The normalized spacial score (nSPS) is 30.4. The van der Waals surface area contributed by atoms with Gasteiger partial charge in [0.25, 0.3) is 0 Å². The summed E-state index contributed by atoms with van der Waals surface area (Å²) < 4.78 is 0. The molecule has 2 nitrogen and oxygen atoms in total. The lowest BCUT2D eigenvalue weighted by atomic mass is 9.94. The van der Waals surface area contributed by atoms with Crippen LogP contribution in [0.15, 0.2) is 30.3 Å². The van der Waals surface area contributed by atoms with E-state index in [-0.39, 0.29) is 0 Å². The molecule has 2 heterocycles. The van der Waals surface area contributed by atoms with E-state index in [0.29, 0.717) is 17.7 Å². The number of carbonyl (C=O) groups is 1. The van der Waals surface area contributed by atoms with Crippen LogP contribution in [-0.2, 0) is 4.79 Å². The first-order valence-corrected chi connectivity index (χ1v) is 6.13. The lowest BCUT2D eigenvalue weighted by molar-refractivity contribution is -0.122. The summed E-state index contributed by atoms with van der Waals surface area (Å²) in [6.45, 7) is 2.12. The topological polar surface area (TPSA) is 20.3 Å². The smallest absolute Gasteiger partial charge is 0.135 e. The number of rotatable bonds is 1. The molecule has 0 saturated carbocycles. The van der Waals surface area contributed by atoms with Gasteiger partial charge in [0, 0.05) is 32.0 Å². The van der Waals surface area contributed by atoms with Crippen molar-refractivity contribution in [2.24, 2.45) is 0 Å². The first-order valence-electron chi connectivity index (χ1n) is 6.13. The van der Waals surface area contributed by atoms with Crippen LogP contribution in [-0.4, -0.2) is 29.8 Å². The third-order valence-electron chi connectivity index (χ3n) is 3.94. The Bertz CT molecular complexity index is 387. The van der Waals surface area contributed by atoms with Gasteiger partial charge in [0.2, 0.25) is 0 Å². The van der Waals surface area contributed by atoms with Crippen molar-refractivity contribution in [2.75, 3.05) is 13.1 Å². The van der Waals surface area contributed by atoms with E-state index in [0.717, 1.165) is 32.4 Å². The van der Waals surface area contributed by atoms with Gasteiger partial charge in [-0.1, -0.05) is 30.3 Å². The average Bonchev–Trinajstić information content (AvgIpc) is 2.73. The number of fused-ring (bicyclic) bond motifs is 1. The molecular weight excluding hydrogens is 198 g/mol. The Morgan fingerprint density at radius 1 is 1.19 bits per heavy atom. The zero-order chi connectivity index (χ0) is 11.0. The Morgan fingerprint density at radius 2 is 2.00 bits per heavy atom. The van der Waals surface area contributed by atoms with Crippen molar-refractivity contribution in [1.82, 2.24) is 4.90 Å². The fourth-order valence-electron chi connectivity index (χ4n) is 3.07. The summed E-state index contributed by atoms with van der Waals surface area (Å²) in [5.41, 5.74) is 1.43. The Kier molecular flexibility index (Phi) is 2.52. The predicted molar refractivity (Wildman–Crippen MR) is 63.4 cm³/mol. The molecule has 84 valence electrons. The standard InChI is InChI=1S/C14H17NO/c16-14-6-7-15-10-12(8-13(15)9-14)11-4-2-1-3-5-11/h1-5,12-13H,6-10H2/t12-,13-/m0/s1. The highest BCUT2D eigenvalue weighted by atomic mass is 16.1. The zero-order valence-corrected chi connectivity index (χ0v) is 9.43. The molecule has 2 aliphatic rings. The Labute approximate surface area is 96.3 Å². The molecule has 16 heavy (non-hydrogen) atoms. The predicted octanol–water partition coefficient (Wildman–Crippen LogP) is 2.21. The molecule has 2 atom stereocenters. The summed E-state index contributed by atoms with van der Waals surface area (Å²) in [5.74, 6) is 1.09. The molecule has 1 aromatic carbocycles. The van der Waals surface area contributed by atoms with Gasteiger partial charge in [0.15, 0.2) is 0 Å². The van der Waals surface area contributed by atoms with E-state index in [4.69, 9.17) is 0 Å². The summed E-state index contributed by atoms with van der Waals surface area (Å²) in [5, 5.41) is 0. The third-order valence-corrected chi connectivity index (χ3v) is 3.94. The number of nitrogens with zero attached hydrogens (tertiary/aromatic N) is 1. The maximum Gasteiger partial charge on any atom is 0.135 e. The molecule has 1 aromatic rings. The molecule has 2 fully saturated rings. The van der Waals surface area contributed by atoms with E-state index in [1.807, 2.05) is 0 Å². The molecule has 0 spiro atoms. The van der Waals surface area contributed by atoms with Crippen LogP contribution in [0.5, 0.6) is 0 Å². The number of piperidine rings is 1. The van der Waals surface area contributed by atoms with Crippen molar-refractivity contribution in [3.8, 4) is 0 Å². The number of hydrogen-bond donors (Lipinski definition) is 0. The molecular formula is C14H17NO. The second-order valence-corrected chi connectivity index (χ2v) is 4.98. The molecule has 0 aliphatic carbocycles. The number of benzene rings is 1. The first kappa shape index (κ1) is 10.0. The van der Waals surface area contributed by atoms with Gasteiger partial charge in [-0.3, -0.25) is 9.69 Å². The van der Waals surface area contributed by atoms with Crippen LogP contribution < -0.4 is 0 Å². The third kappa shape index (κ3) is 1.78. The maximum absolute atomic E-state index is 11.4. The number of ketones is 1. The van der Waals surface area contributed by atoms with Crippen LogP contribution in [0.25, 0.3) is 0 Å². The molecule has 2 saturated heterocycles. The van der Waals surface area contributed by atoms with Crippen molar-refractivity contribution in [1.29, 1.82) is 0 Å². The van der Waals surface area contributed by atoms with E-state index in [2.05, 4.69) is 35.2 Å². The fourth-order valence-corrected chi connectivity index (χ4v) is 3.07. The van der Waals surface area contributed by atoms with Crippen molar-refractivity contribution in [2.45, 2.75) is 31.2 Å². The van der Waals surface area contributed by atoms with E-state index in [1.54, 1.807) is 0 Å². The summed E-state index contributed by atoms with van der Waals surface area (Å²) in [6, 6.07) is 11.2. The molecule has 0 aromatic heterocycles. The molecule has 0 radical (unpaired) electrons. The largest absolute Gasteiger partial charge is 0.300 e. The fraction of sp³-hybridized carbons (Fsp3) is 0.500. The number of hydrogen-bond acceptors (Lipinski definition) is 2. The summed E-state index contributed by atoms with van der Waals surface area (Å²) >= 11 is 0. The van der Waals surface area contributed by atoms with Crippen LogP contribution in [0.4, 0.5) is 0 Å². The molecule has 0 bridgehead atoms. The minimum Gasteiger partial charge on any atom is -0.300 e.